The number of benzene rings is 1. The summed E-state index contributed by atoms with van der Waals surface area (Å²) in [6.07, 6.45) is 2.16. The first-order valence-electron chi connectivity index (χ1n) is 14.1. The van der Waals surface area contributed by atoms with Crippen LogP contribution in [0.4, 0.5) is 0 Å². The van der Waals surface area contributed by atoms with Crippen LogP contribution in [0.25, 0.3) is 10.2 Å². The van der Waals surface area contributed by atoms with Gasteiger partial charge in [-0.1, -0.05) is 24.1 Å². The first kappa shape index (κ1) is 29.8. The molecule has 2 aliphatic rings. The lowest BCUT2D eigenvalue weighted by atomic mass is 10.1. The second-order valence-corrected chi connectivity index (χ2v) is 14.2. The van der Waals surface area contributed by atoms with E-state index in [1.807, 2.05) is 31.2 Å². The molecule has 1 saturated heterocycles. The van der Waals surface area contributed by atoms with Gasteiger partial charge in [-0.05, 0) is 58.1 Å². The van der Waals surface area contributed by atoms with Crippen molar-refractivity contribution < 1.29 is 23.3 Å². The molecule has 1 aliphatic heterocycles. The molecule has 1 aliphatic carbocycles. The number of ether oxygens (including phenoxy) is 3. The second-order valence-electron chi connectivity index (χ2n) is 10.4. The van der Waals surface area contributed by atoms with E-state index in [2.05, 4.69) is 11.8 Å². The summed E-state index contributed by atoms with van der Waals surface area (Å²) in [6.45, 7) is 6.96. The Morgan fingerprint density at radius 2 is 1.88 bits per heavy atom. The molecule has 0 unspecified atom stereocenters. The number of hydrogen-bond acceptors (Lipinski definition) is 8. The van der Waals surface area contributed by atoms with Crippen molar-refractivity contribution in [1.29, 1.82) is 0 Å². The van der Waals surface area contributed by atoms with Crippen molar-refractivity contribution in [1.82, 2.24) is 9.13 Å². The van der Waals surface area contributed by atoms with Crippen LogP contribution in [0.5, 0.6) is 5.75 Å². The Labute approximate surface area is 243 Å². The van der Waals surface area contributed by atoms with Crippen molar-refractivity contribution in [3.8, 4) is 17.6 Å². The zero-order chi connectivity index (χ0) is 29.1. The van der Waals surface area contributed by atoms with Crippen LogP contribution < -0.4 is 16.0 Å². The summed E-state index contributed by atoms with van der Waals surface area (Å²) in [5.41, 5.74) is 0.402. The van der Waals surface area contributed by atoms with Crippen molar-refractivity contribution in [2.75, 3.05) is 26.9 Å². The number of para-hydroxylation sites is 1. The summed E-state index contributed by atoms with van der Waals surface area (Å²) in [4.78, 5) is 29.4. The largest absolute Gasteiger partial charge is 0.496 e. The lowest BCUT2D eigenvalue weighted by Crippen LogP contribution is -2.41. The number of rotatable bonds is 11. The number of nitrogens with zero attached hydrogens (tertiary/aromatic N) is 2. The zero-order valence-corrected chi connectivity index (χ0v) is 25.7. The predicted molar refractivity (Wildman–Crippen MR) is 161 cm³/mol. The summed E-state index contributed by atoms with van der Waals surface area (Å²) < 4.78 is 40.2. The quantitative estimate of drug-likeness (QED) is 0.218. The first-order chi connectivity index (χ1) is 19.8. The van der Waals surface area contributed by atoms with Crippen molar-refractivity contribution in [3.63, 3.8) is 0 Å². The van der Waals surface area contributed by atoms with Gasteiger partial charge in [0.05, 0.1) is 36.6 Å². The number of fused-ring (bicyclic) bond motifs is 1. The number of aryl methyl sites for hydroxylation is 1. The van der Waals surface area contributed by atoms with E-state index >= 15 is 0 Å². The minimum absolute atomic E-state index is 0.0598. The molecule has 41 heavy (non-hydrogen) atoms. The van der Waals surface area contributed by atoms with Gasteiger partial charge in [-0.25, -0.2) is 9.36 Å². The van der Waals surface area contributed by atoms with E-state index in [1.165, 1.54) is 11.3 Å². The van der Waals surface area contributed by atoms with E-state index in [4.69, 9.17) is 18.7 Å². The molecule has 0 radical (unpaired) electrons. The van der Waals surface area contributed by atoms with E-state index < -0.39 is 24.7 Å². The Bertz CT molecular complexity index is 1640. The van der Waals surface area contributed by atoms with Crippen molar-refractivity contribution >= 4 is 28.9 Å². The molecule has 0 amide bonds. The van der Waals surface area contributed by atoms with Crippen LogP contribution >= 0.6 is 18.7 Å². The molecule has 2 atom stereocenters. The third-order valence-corrected chi connectivity index (χ3v) is 11.9. The second kappa shape index (κ2) is 12.7. The molecule has 9 nitrogen and oxygen atoms in total. The fourth-order valence-corrected chi connectivity index (χ4v) is 9.16. The number of aromatic nitrogens is 2. The number of thiophene rings is 1. The van der Waals surface area contributed by atoms with Crippen LogP contribution in [0.1, 0.15) is 61.6 Å². The molecule has 0 N–H and O–H groups in total. The van der Waals surface area contributed by atoms with Gasteiger partial charge in [0.25, 0.3) is 5.56 Å². The van der Waals surface area contributed by atoms with Crippen molar-refractivity contribution in [2.24, 2.45) is 0 Å². The minimum atomic E-state index is -3.25. The van der Waals surface area contributed by atoms with E-state index in [0.29, 0.717) is 34.7 Å². The maximum absolute atomic E-state index is 14.2. The summed E-state index contributed by atoms with van der Waals surface area (Å²) in [5, 5.41) is 0.413. The van der Waals surface area contributed by atoms with Gasteiger partial charge in [-0.2, -0.15) is 0 Å². The Morgan fingerprint density at radius 1 is 1.15 bits per heavy atom. The average molecular weight is 601 g/mol. The van der Waals surface area contributed by atoms with Crippen LogP contribution in [0.3, 0.4) is 0 Å². The van der Waals surface area contributed by atoms with E-state index in [-0.39, 0.29) is 31.2 Å². The lowest BCUT2D eigenvalue weighted by molar-refractivity contribution is -0.0753. The van der Waals surface area contributed by atoms with Crippen molar-refractivity contribution in [2.45, 2.75) is 77.2 Å². The van der Waals surface area contributed by atoms with Gasteiger partial charge >= 0.3 is 5.69 Å². The van der Waals surface area contributed by atoms with Crippen LogP contribution in [0.2, 0.25) is 0 Å². The molecule has 0 spiro atoms. The molecule has 3 aromatic rings. The molecule has 0 bridgehead atoms. The molecule has 1 aromatic carbocycles. The highest BCUT2D eigenvalue weighted by Gasteiger charge is 2.43. The maximum atomic E-state index is 14.2. The zero-order valence-electron chi connectivity index (χ0n) is 24.0. The number of hydrogen-bond donors (Lipinski definition) is 0. The van der Waals surface area contributed by atoms with Crippen LogP contribution in [0, 0.1) is 18.8 Å². The topological polar surface area (TPSA) is 98.0 Å². The molecule has 5 rings (SSSR count). The Balaban J connectivity index is 1.69. The normalized spacial score (nSPS) is 18.0. The van der Waals surface area contributed by atoms with Gasteiger partial charge in [-0.3, -0.25) is 13.9 Å². The molecule has 2 fully saturated rings. The van der Waals surface area contributed by atoms with Gasteiger partial charge in [0.15, 0.2) is 0 Å². The molecule has 11 heteroatoms. The van der Waals surface area contributed by atoms with Crippen LogP contribution in [-0.2, 0) is 31.4 Å². The van der Waals surface area contributed by atoms with Gasteiger partial charge in [-0.15, -0.1) is 17.3 Å². The standard InChI is InChI=1S/C30H37N2O7PS/c1-5-9-26-20(3)27-28(33)32(19-40(35,38-6-2)22-12-13-22)30(34)31(29(27)41-26)18-25(39-21-14-16-37-17-15-21)23-10-7-8-11-24(23)36-4/h7-8,10-11,21-22,25H,6,12-19H2,1-4H3/t25-,40+/m0/s1. The maximum Gasteiger partial charge on any atom is 0.332 e. The van der Waals surface area contributed by atoms with Crippen LogP contribution in [-0.4, -0.2) is 47.8 Å². The highest BCUT2D eigenvalue weighted by molar-refractivity contribution is 7.59. The van der Waals surface area contributed by atoms with Gasteiger partial charge in [0.2, 0.25) is 7.37 Å². The molecule has 220 valence electrons. The molecule has 2 aromatic heterocycles. The van der Waals surface area contributed by atoms with Gasteiger partial charge in [0.1, 0.15) is 23.0 Å². The number of methoxy groups -OCH3 is 1. The SMILES string of the molecule is CC#Cc1sc2c(c1C)c(=O)n(C[P@@](=O)(OCC)C1CC1)c(=O)n2C[C@H](OC1CCOCC1)c1ccccc1OC. The molecule has 3 heterocycles. The third-order valence-electron chi connectivity index (χ3n) is 7.68. The highest BCUT2D eigenvalue weighted by atomic mass is 32.1. The predicted octanol–water partition coefficient (Wildman–Crippen LogP) is 5.28. The lowest BCUT2D eigenvalue weighted by Gasteiger charge is -2.29. The van der Waals surface area contributed by atoms with Crippen molar-refractivity contribution in [3.05, 3.63) is 61.1 Å². The Hall–Kier alpha value is -2.67. The van der Waals surface area contributed by atoms with E-state index in [0.717, 1.165) is 40.7 Å². The first-order valence-corrected chi connectivity index (χ1v) is 16.8. The fourth-order valence-electron chi connectivity index (χ4n) is 5.42. The smallest absolute Gasteiger partial charge is 0.332 e. The Morgan fingerprint density at radius 3 is 2.54 bits per heavy atom. The average Bonchev–Trinajstić information content (AvgIpc) is 3.79. The summed E-state index contributed by atoms with van der Waals surface area (Å²) >= 11 is 1.32. The molecular weight excluding hydrogens is 563 g/mol. The van der Waals surface area contributed by atoms with E-state index in [9.17, 15) is 14.2 Å². The van der Waals surface area contributed by atoms with Crippen LogP contribution in [0.15, 0.2) is 33.9 Å². The summed E-state index contributed by atoms with van der Waals surface area (Å²) in [7, 11) is -1.64. The molecule has 1 saturated carbocycles. The minimum Gasteiger partial charge on any atom is -0.496 e. The highest BCUT2D eigenvalue weighted by Crippen LogP contribution is 2.62. The monoisotopic (exact) mass is 600 g/mol. The van der Waals surface area contributed by atoms with Gasteiger partial charge < -0.3 is 18.7 Å². The third kappa shape index (κ3) is 6.11. The summed E-state index contributed by atoms with van der Waals surface area (Å²) in [6, 6.07) is 7.61. The Kier molecular flexibility index (Phi) is 9.22. The summed E-state index contributed by atoms with van der Waals surface area (Å²) in [5.74, 6) is 6.65. The molecular formula is C30H37N2O7PS. The van der Waals surface area contributed by atoms with Gasteiger partial charge in [0, 0.05) is 24.4 Å². The fraction of sp³-hybridized carbons (Fsp3) is 0.533. The van der Waals surface area contributed by atoms with E-state index in [1.54, 1.807) is 25.5 Å².